The maximum Gasteiger partial charge on any atom is 0.189 e. The van der Waals surface area contributed by atoms with Crippen molar-refractivity contribution in [3.05, 3.63) is 43.3 Å². The second-order valence-electron chi connectivity index (χ2n) is 3.58. The van der Waals surface area contributed by atoms with Gasteiger partial charge < -0.3 is 9.47 Å². The van der Waals surface area contributed by atoms with Gasteiger partial charge >= 0.3 is 0 Å². The van der Waals surface area contributed by atoms with Crippen LogP contribution in [0.4, 0.5) is 0 Å². The number of ether oxygens (including phenoxy) is 2. The van der Waals surface area contributed by atoms with Crippen LogP contribution < -0.4 is 9.47 Å². The van der Waals surface area contributed by atoms with Crippen LogP contribution >= 0.6 is 55.1 Å². The minimum atomic E-state index is 0.474. The molecule has 0 atom stereocenters. The quantitative estimate of drug-likeness (QED) is 0.426. The summed E-state index contributed by atoms with van der Waals surface area (Å²) < 4.78 is 13.1. The van der Waals surface area contributed by atoms with Gasteiger partial charge in [-0.1, -0.05) is 23.2 Å². The molecule has 2 nitrogen and oxygen atoms in total. The van der Waals surface area contributed by atoms with Crippen molar-refractivity contribution in [2.45, 2.75) is 0 Å². The number of rotatable bonds is 0. The molecule has 6 heteroatoms. The Morgan fingerprint density at radius 2 is 1.06 bits per heavy atom. The fourth-order valence-electron chi connectivity index (χ4n) is 1.61. The molecule has 0 radical (unpaired) electrons. The van der Waals surface area contributed by atoms with Crippen molar-refractivity contribution in [3.8, 4) is 23.0 Å². The predicted molar refractivity (Wildman–Crippen MR) is 78.5 cm³/mol. The Bertz CT molecular complexity index is 548. The van der Waals surface area contributed by atoms with Gasteiger partial charge in [-0.15, -0.1) is 0 Å². The van der Waals surface area contributed by atoms with Gasteiger partial charge in [0.25, 0.3) is 0 Å². The molecule has 1 heterocycles. The van der Waals surface area contributed by atoms with Gasteiger partial charge in [-0.05, 0) is 56.1 Å². The molecule has 0 amide bonds. The first-order valence-corrected chi connectivity index (χ1v) is 7.24. The van der Waals surface area contributed by atoms with Gasteiger partial charge in [0.05, 0.1) is 19.0 Å². The monoisotopic (exact) mass is 408 g/mol. The first-order valence-electron chi connectivity index (χ1n) is 4.89. The molecule has 1 aliphatic heterocycles. The molecule has 0 unspecified atom stereocenters. The van der Waals surface area contributed by atoms with Gasteiger partial charge in [-0.25, -0.2) is 0 Å². The molecule has 0 spiro atoms. The van der Waals surface area contributed by atoms with Crippen molar-refractivity contribution >= 4 is 55.1 Å². The lowest BCUT2D eigenvalue weighted by Crippen LogP contribution is -2.01. The van der Waals surface area contributed by atoms with Crippen molar-refractivity contribution in [1.29, 1.82) is 0 Å². The Labute approximate surface area is 130 Å². The van der Waals surface area contributed by atoms with E-state index in [2.05, 4.69) is 31.9 Å². The number of hydrogen-bond acceptors (Lipinski definition) is 2. The van der Waals surface area contributed by atoms with Gasteiger partial charge in [0, 0.05) is 0 Å². The standard InChI is InChI=1S/C12H4Br2Cl2O2/c13-5-1-3-7(15)11-9(5)17-12-8(16)4-2-6(14)10(12)18-11/h1-4H. The van der Waals surface area contributed by atoms with E-state index in [1.54, 1.807) is 24.3 Å². The van der Waals surface area contributed by atoms with Crippen LogP contribution in [0.25, 0.3) is 0 Å². The minimum Gasteiger partial charge on any atom is -0.447 e. The summed E-state index contributed by atoms with van der Waals surface area (Å²) in [6.45, 7) is 0. The molecule has 18 heavy (non-hydrogen) atoms. The Kier molecular flexibility index (Phi) is 3.22. The highest BCUT2D eigenvalue weighted by molar-refractivity contribution is 9.11. The number of benzene rings is 2. The summed E-state index contributed by atoms with van der Waals surface area (Å²) >= 11 is 19.0. The van der Waals surface area contributed by atoms with E-state index in [-0.39, 0.29) is 0 Å². The fourth-order valence-corrected chi connectivity index (χ4v) is 2.77. The Morgan fingerprint density at radius 3 is 1.44 bits per heavy atom. The van der Waals surface area contributed by atoms with Crippen LogP contribution in [0.1, 0.15) is 0 Å². The van der Waals surface area contributed by atoms with E-state index in [9.17, 15) is 0 Å². The lowest BCUT2D eigenvalue weighted by atomic mass is 10.2. The van der Waals surface area contributed by atoms with Crippen molar-refractivity contribution in [2.75, 3.05) is 0 Å². The molecule has 0 fully saturated rings. The lowest BCUT2D eigenvalue weighted by molar-refractivity contribution is 0.356. The second-order valence-corrected chi connectivity index (χ2v) is 6.10. The Morgan fingerprint density at radius 1 is 0.667 bits per heavy atom. The summed E-state index contributed by atoms with van der Waals surface area (Å²) in [6.07, 6.45) is 0. The molecule has 0 bridgehead atoms. The van der Waals surface area contributed by atoms with Crippen molar-refractivity contribution < 1.29 is 9.47 Å². The Balaban J connectivity index is 2.24. The smallest absolute Gasteiger partial charge is 0.189 e. The lowest BCUT2D eigenvalue weighted by Gasteiger charge is -2.23. The highest BCUT2D eigenvalue weighted by atomic mass is 79.9. The minimum absolute atomic E-state index is 0.474. The SMILES string of the molecule is Clc1ccc(Br)c2c1Oc1c(Br)ccc(Cl)c1O2. The van der Waals surface area contributed by atoms with E-state index in [0.717, 1.165) is 8.95 Å². The number of hydrogen-bond donors (Lipinski definition) is 0. The molecule has 0 aliphatic carbocycles. The average Bonchev–Trinajstić information content (AvgIpc) is 2.37. The maximum absolute atomic E-state index is 6.10. The zero-order chi connectivity index (χ0) is 12.9. The molecule has 0 saturated heterocycles. The van der Waals surface area contributed by atoms with Crippen molar-refractivity contribution in [3.63, 3.8) is 0 Å². The fraction of sp³-hybridized carbons (Fsp3) is 0. The third-order valence-corrected chi connectivity index (χ3v) is 4.28. The van der Waals surface area contributed by atoms with Gasteiger partial charge in [-0.2, -0.15) is 0 Å². The van der Waals surface area contributed by atoms with E-state index < -0.39 is 0 Å². The summed E-state index contributed by atoms with van der Waals surface area (Å²) in [4.78, 5) is 0. The molecule has 1 aliphatic rings. The summed E-state index contributed by atoms with van der Waals surface area (Å²) in [7, 11) is 0. The summed E-state index contributed by atoms with van der Waals surface area (Å²) in [5.41, 5.74) is 0. The van der Waals surface area contributed by atoms with Crippen molar-refractivity contribution in [1.82, 2.24) is 0 Å². The first kappa shape index (κ1) is 12.6. The highest BCUT2D eigenvalue weighted by Crippen LogP contribution is 2.55. The summed E-state index contributed by atoms with van der Waals surface area (Å²) in [5.74, 6) is 1.99. The van der Waals surface area contributed by atoms with Crippen molar-refractivity contribution in [2.24, 2.45) is 0 Å². The van der Waals surface area contributed by atoms with E-state index in [1.165, 1.54) is 0 Å². The summed E-state index contributed by atoms with van der Waals surface area (Å²) in [6, 6.07) is 7.05. The molecule has 0 saturated carbocycles. The maximum atomic E-state index is 6.10. The Hall–Kier alpha value is -0.420. The molecule has 3 rings (SSSR count). The third-order valence-electron chi connectivity index (χ3n) is 2.44. The van der Waals surface area contributed by atoms with Crippen LogP contribution in [0.15, 0.2) is 33.2 Å². The van der Waals surface area contributed by atoms with Gasteiger partial charge in [0.15, 0.2) is 23.0 Å². The largest absolute Gasteiger partial charge is 0.447 e. The molecule has 2 aromatic rings. The van der Waals surface area contributed by atoms with Crippen LogP contribution in [-0.4, -0.2) is 0 Å². The van der Waals surface area contributed by atoms with Crippen LogP contribution in [0, 0.1) is 0 Å². The highest BCUT2D eigenvalue weighted by Gasteiger charge is 2.27. The first-order chi connectivity index (χ1) is 8.58. The van der Waals surface area contributed by atoms with Gasteiger partial charge in [0.1, 0.15) is 0 Å². The van der Waals surface area contributed by atoms with Gasteiger partial charge in [0.2, 0.25) is 0 Å². The van der Waals surface area contributed by atoms with E-state index >= 15 is 0 Å². The van der Waals surface area contributed by atoms with E-state index in [1.807, 2.05) is 0 Å². The molecule has 2 aromatic carbocycles. The molecular formula is C12H4Br2Cl2O2. The second kappa shape index (κ2) is 4.60. The molecule has 0 N–H and O–H groups in total. The third kappa shape index (κ3) is 1.92. The topological polar surface area (TPSA) is 18.5 Å². The zero-order valence-electron chi connectivity index (χ0n) is 8.64. The molecular weight excluding hydrogens is 407 g/mol. The van der Waals surface area contributed by atoms with E-state index in [4.69, 9.17) is 32.7 Å². The molecule has 92 valence electrons. The van der Waals surface area contributed by atoms with Crippen LogP contribution in [0.2, 0.25) is 10.0 Å². The normalized spacial score (nSPS) is 12.2. The average molecular weight is 411 g/mol. The van der Waals surface area contributed by atoms with E-state index in [0.29, 0.717) is 33.0 Å². The van der Waals surface area contributed by atoms with Crippen LogP contribution in [0.5, 0.6) is 23.0 Å². The predicted octanol–water partition coefficient (Wildman–Crippen LogP) is 6.42. The summed E-state index contributed by atoms with van der Waals surface area (Å²) in [5, 5.41) is 0.955. The van der Waals surface area contributed by atoms with Crippen LogP contribution in [0.3, 0.4) is 0 Å². The number of fused-ring (bicyclic) bond motifs is 2. The zero-order valence-corrected chi connectivity index (χ0v) is 13.3. The molecule has 0 aromatic heterocycles. The van der Waals surface area contributed by atoms with Crippen LogP contribution in [-0.2, 0) is 0 Å². The number of halogens is 4. The van der Waals surface area contributed by atoms with Gasteiger partial charge in [-0.3, -0.25) is 0 Å².